The molecule has 1 heterocycles. The quantitative estimate of drug-likeness (QED) is 0.622. The molecule has 0 bridgehead atoms. The summed E-state index contributed by atoms with van der Waals surface area (Å²) in [5, 5.41) is 1.75. The van der Waals surface area contributed by atoms with E-state index in [4.69, 9.17) is 0 Å². The molecular formula is C16H11F6N3O2. The van der Waals surface area contributed by atoms with Gasteiger partial charge in [0.05, 0.1) is 5.56 Å². The average Bonchev–Trinajstić information content (AvgIpc) is 2.60. The smallest absolute Gasteiger partial charge is 0.314 e. The van der Waals surface area contributed by atoms with E-state index in [0.717, 1.165) is 41.1 Å². The fourth-order valence-corrected chi connectivity index (χ4v) is 2.05. The Hall–Kier alpha value is -3.11. The van der Waals surface area contributed by atoms with Gasteiger partial charge in [0.25, 0.3) is 11.8 Å². The summed E-state index contributed by atoms with van der Waals surface area (Å²) in [4.78, 5) is 27.4. The number of halogens is 6. The molecule has 2 N–H and O–H groups in total. The highest BCUT2D eigenvalue weighted by molar-refractivity contribution is 5.97. The summed E-state index contributed by atoms with van der Waals surface area (Å²) < 4.78 is 80.7. The maximum Gasteiger partial charge on any atom is 0.439 e. The highest BCUT2D eigenvalue weighted by Gasteiger charge is 2.73. The molecule has 1 aromatic carbocycles. The van der Waals surface area contributed by atoms with Gasteiger partial charge in [-0.25, -0.2) is 0 Å². The van der Waals surface area contributed by atoms with Gasteiger partial charge < -0.3 is 10.6 Å². The number of hydrogen-bond acceptors (Lipinski definition) is 3. The topological polar surface area (TPSA) is 71.1 Å². The van der Waals surface area contributed by atoms with Crippen LogP contribution in [0, 0.1) is 0 Å². The van der Waals surface area contributed by atoms with Crippen molar-refractivity contribution in [2.75, 3.05) is 0 Å². The average molecular weight is 391 g/mol. The van der Waals surface area contributed by atoms with Gasteiger partial charge in [0, 0.05) is 18.0 Å². The third-order valence-corrected chi connectivity index (χ3v) is 3.41. The highest BCUT2D eigenvalue weighted by Crippen LogP contribution is 2.41. The van der Waals surface area contributed by atoms with Crippen molar-refractivity contribution in [2.45, 2.75) is 18.0 Å². The first-order valence-electron chi connectivity index (χ1n) is 7.21. The lowest BCUT2D eigenvalue weighted by molar-refractivity contribution is -0.310. The zero-order valence-electron chi connectivity index (χ0n) is 13.2. The van der Waals surface area contributed by atoms with Crippen LogP contribution in [0.25, 0.3) is 0 Å². The van der Waals surface area contributed by atoms with E-state index in [1.54, 1.807) is 0 Å². The summed E-state index contributed by atoms with van der Waals surface area (Å²) in [5.41, 5.74) is -6.00. The van der Waals surface area contributed by atoms with Crippen molar-refractivity contribution in [3.8, 4) is 0 Å². The first kappa shape index (κ1) is 20.2. The Balaban J connectivity index is 2.47. The lowest BCUT2D eigenvalue weighted by Crippen LogP contribution is -2.76. The van der Waals surface area contributed by atoms with Crippen LogP contribution in [0.4, 0.5) is 26.3 Å². The molecule has 2 aromatic rings. The summed E-state index contributed by atoms with van der Waals surface area (Å²) in [5.74, 6) is -3.39. The van der Waals surface area contributed by atoms with E-state index in [9.17, 15) is 35.9 Å². The van der Waals surface area contributed by atoms with Crippen LogP contribution in [-0.4, -0.2) is 34.8 Å². The van der Waals surface area contributed by atoms with Gasteiger partial charge in [0.2, 0.25) is 0 Å². The van der Waals surface area contributed by atoms with Crippen molar-refractivity contribution in [3.05, 3.63) is 66.0 Å². The van der Waals surface area contributed by atoms with Gasteiger partial charge in [0.15, 0.2) is 0 Å². The molecule has 27 heavy (non-hydrogen) atoms. The predicted molar refractivity (Wildman–Crippen MR) is 80.5 cm³/mol. The first-order valence-corrected chi connectivity index (χ1v) is 7.21. The van der Waals surface area contributed by atoms with Gasteiger partial charge in [-0.2, -0.15) is 26.3 Å². The van der Waals surface area contributed by atoms with E-state index in [1.807, 2.05) is 0 Å². The number of carbonyl (C=O) groups excluding carboxylic acids is 2. The van der Waals surface area contributed by atoms with Gasteiger partial charge in [-0.05, 0) is 24.3 Å². The molecule has 0 saturated heterocycles. The number of rotatable bonds is 4. The molecule has 11 heteroatoms. The summed E-state index contributed by atoms with van der Waals surface area (Å²) in [6, 6.07) is 8.10. The van der Waals surface area contributed by atoms with E-state index in [2.05, 4.69) is 4.98 Å². The maximum atomic E-state index is 13.5. The molecule has 2 amide bonds. The number of benzene rings is 1. The lowest BCUT2D eigenvalue weighted by atomic mass is 10.1. The molecule has 0 saturated carbocycles. The van der Waals surface area contributed by atoms with Gasteiger partial charge in [0.1, 0.15) is 0 Å². The van der Waals surface area contributed by atoms with Crippen molar-refractivity contribution < 1.29 is 35.9 Å². The van der Waals surface area contributed by atoms with E-state index in [0.29, 0.717) is 0 Å². The second-order valence-corrected chi connectivity index (χ2v) is 5.26. The zero-order valence-corrected chi connectivity index (χ0v) is 13.2. The number of nitrogens with one attached hydrogen (secondary N) is 2. The number of hydrogen-bond donors (Lipinski definition) is 2. The van der Waals surface area contributed by atoms with E-state index >= 15 is 0 Å². The first-order chi connectivity index (χ1) is 12.5. The minimum absolute atomic E-state index is 0.453. The van der Waals surface area contributed by atoms with Gasteiger partial charge in [-0.3, -0.25) is 14.6 Å². The second-order valence-electron chi connectivity index (χ2n) is 5.26. The lowest BCUT2D eigenvalue weighted by Gasteiger charge is -2.38. The van der Waals surface area contributed by atoms with Crippen LogP contribution >= 0.6 is 0 Å². The minimum atomic E-state index is -6.09. The van der Waals surface area contributed by atoms with Crippen molar-refractivity contribution in [2.24, 2.45) is 0 Å². The number of alkyl halides is 6. The monoisotopic (exact) mass is 391 g/mol. The van der Waals surface area contributed by atoms with Gasteiger partial charge in [-0.15, -0.1) is 0 Å². The molecule has 0 aliphatic heterocycles. The molecule has 0 spiro atoms. The second kappa shape index (κ2) is 7.25. The molecule has 144 valence electrons. The molecule has 0 aliphatic rings. The van der Waals surface area contributed by atoms with Crippen LogP contribution in [0.5, 0.6) is 0 Å². The molecule has 2 rings (SSSR count). The highest BCUT2D eigenvalue weighted by atomic mass is 19.4. The third kappa shape index (κ3) is 4.18. The van der Waals surface area contributed by atoms with Gasteiger partial charge >= 0.3 is 18.0 Å². The SMILES string of the molecule is O=C(NC(NC(=O)c1cccnc1)(C(F)(F)F)C(F)(F)F)c1ccccc1. The Morgan fingerprint density at radius 2 is 1.22 bits per heavy atom. The molecule has 0 radical (unpaired) electrons. The molecule has 0 atom stereocenters. The van der Waals surface area contributed by atoms with Crippen LogP contribution in [-0.2, 0) is 0 Å². The Morgan fingerprint density at radius 1 is 0.741 bits per heavy atom. The Morgan fingerprint density at radius 3 is 1.67 bits per heavy atom. The van der Waals surface area contributed by atoms with Crippen molar-refractivity contribution >= 4 is 11.8 Å². The normalized spacial score (nSPS) is 12.4. The van der Waals surface area contributed by atoms with E-state index in [1.165, 1.54) is 24.4 Å². The summed E-state index contributed by atoms with van der Waals surface area (Å²) >= 11 is 0. The van der Waals surface area contributed by atoms with Gasteiger partial charge in [-0.1, -0.05) is 18.2 Å². The number of carbonyl (C=O) groups is 2. The predicted octanol–water partition coefficient (Wildman–Crippen LogP) is 3.06. The summed E-state index contributed by atoms with van der Waals surface area (Å²) in [6.07, 6.45) is -10.2. The van der Waals surface area contributed by atoms with Crippen LogP contribution in [0.2, 0.25) is 0 Å². The number of nitrogens with zero attached hydrogens (tertiary/aromatic N) is 1. The number of aromatic nitrogens is 1. The Kier molecular flexibility index (Phi) is 5.43. The minimum Gasteiger partial charge on any atom is -0.314 e. The molecular weight excluding hydrogens is 380 g/mol. The van der Waals surface area contributed by atoms with Crippen LogP contribution in [0.15, 0.2) is 54.9 Å². The summed E-state index contributed by atoms with van der Waals surface area (Å²) in [7, 11) is 0. The van der Waals surface area contributed by atoms with Crippen molar-refractivity contribution in [3.63, 3.8) is 0 Å². The number of amides is 2. The standard InChI is InChI=1S/C16H11F6N3O2/c17-15(18,19)14(16(20,21)22,24-12(26)10-5-2-1-3-6-10)25-13(27)11-7-4-8-23-9-11/h1-9H,(H,24,26)(H,25,27). The van der Waals surface area contributed by atoms with Crippen molar-refractivity contribution in [1.29, 1.82) is 0 Å². The summed E-state index contributed by atoms with van der Waals surface area (Å²) in [6.45, 7) is 0. The molecule has 0 aliphatic carbocycles. The van der Waals surface area contributed by atoms with Crippen LogP contribution < -0.4 is 10.6 Å². The van der Waals surface area contributed by atoms with E-state index < -0.39 is 41.0 Å². The fourth-order valence-electron chi connectivity index (χ4n) is 2.05. The Labute approximate surface area is 148 Å². The largest absolute Gasteiger partial charge is 0.439 e. The van der Waals surface area contributed by atoms with Crippen LogP contribution in [0.1, 0.15) is 20.7 Å². The molecule has 1 aromatic heterocycles. The molecule has 0 unspecified atom stereocenters. The number of pyridine rings is 1. The maximum absolute atomic E-state index is 13.5. The Bertz CT molecular complexity index is 737. The molecule has 5 nitrogen and oxygen atoms in total. The third-order valence-electron chi connectivity index (χ3n) is 3.41. The zero-order chi connectivity index (χ0) is 20.3. The van der Waals surface area contributed by atoms with Crippen LogP contribution in [0.3, 0.4) is 0 Å². The van der Waals surface area contributed by atoms with E-state index in [-0.39, 0.29) is 0 Å². The fraction of sp³-hybridized carbons (Fsp3) is 0.188. The molecule has 0 fully saturated rings. The van der Waals surface area contributed by atoms with Crippen molar-refractivity contribution in [1.82, 2.24) is 15.6 Å².